The number of hydrogen-bond acceptors (Lipinski definition) is 3. The maximum atomic E-state index is 13.0. The van der Waals surface area contributed by atoms with Crippen LogP contribution in [0, 0.1) is 0 Å². The van der Waals surface area contributed by atoms with Crippen LogP contribution in [0.1, 0.15) is 28.7 Å². The molecule has 1 heterocycles. The van der Waals surface area contributed by atoms with Gasteiger partial charge >= 0.3 is 12.4 Å². The maximum Gasteiger partial charge on any atom is 0.416 e. The Morgan fingerprint density at radius 3 is 2.29 bits per heavy atom. The molecule has 0 spiro atoms. The van der Waals surface area contributed by atoms with Gasteiger partial charge in [-0.05, 0) is 48.6 Å². The minimum absolute atomic E-state index is 0.0436. The molecular formula is C21H19F6NO2S. The number of ether oxygens (including phenoxy) is 1. The average molecular weight is 463 g/mol. The Hall–Kier alpha value is -2.36. The lowest BCUT2D eigenvalue weighted by Gasteiger charge is -2.18. The summed E-state index contributed by atoms with van der Waals surface area (Å²) in [5, 5.41) is 0. The Morgan fingerprint density at radius 1 is 1.06 bits per heavy atom. The molecule has 168 valence electrons. The second kappa shape index (κ2) is 9.02. The summed E-state index contributed by atoms with van der Waals surface area (Å²) in [5.41, 5.74) is -1.65. The fourth-order valence-electron chi connectivity index (χ4n) is 3.38. The number of benzene rings is 2. The highest BCUT2D eigenvalue weighted by Gasteiger charge is 2.37. The summed E-state index contributed by atoms with van der Waals surface area (Å²) in [6.07, 6.45) is -7.07. The second-order valence-electron chi connectivity index (χ2n) is 6.99. The van der Waals surface area contributed by atoms with E-state index < -0.39 is 30.1 Å². The van der Waals surface area contributed by atoms with Gasteiger partial charge < -0.3 is 9.64 Å². The third-order valence-electron chi connectivity index (χ3n) is 4.85. The first kappa shape index (κ1) is 23.3. The van der Waals surface area contributed by atoms with Gasteiger partial charge in [-0.25, -0.2) is 0 Å². The maximum absolute atomic E-state index is 13.0. The van der Waals surface area contributed by atoms with Crippen molar-refractivity contribution in [1.82, 2.24) is 0 Å². The van der Waals surface area contributed by atoms with Gasteiger partial charge in [-0.3, -0.25) is 4.79 Å². The molecule has 1 amide bonds. The zero-order valence-corrected chi connectivity index (χ0v) is 17.3. The van der Waals surface area contributed by atoms with E-state index in [2.05, 4.69) is 0 Å². The van der Waals surface area contributed by atoms with Crippen molar-refractivity contribution in [3.8, 4) is 5.75 Å². The Kier molecular flexibility index (Phi) is 6.78. The minimum Gasteiger partial charge on any atom is -0.489 e. The van der Waals surface area contributed by atoms with Crippen molar-refractivity contribution >= 4 is 23.4 Å². The van der Waals surface area contributed by atoms with Crippen LogP contribution in [0.2, 0.25) is 0 Å². The van der Waals surface area contributed by atoms with Crippen LogP contribution in [0.3, 0.4) is 0 Å². The van der Waals surface area contributed by atoms with Crippen molar-refractivity contribution in [2.75, 3.05) is 23.5 Å². The van der Waals surface area contributed by atoms with E-state index in [1.165, 1.54) is 0 Å². The largest absolute Gasteiger partial charge is 0.489 e. The van der Waals surface area contributed by atoms with Crippen LogP contribution in [0.15, 0.2) is 36.4 Å². The zero-order chi connectivity index (χ0) is 22.8. The van der Waals surface area contributed by atoms with E-state index >= 15 is 0 Å². The fraction of sp³-hybridized carbons (Fsp3) is 0.381. The van der Waals surface area contributed by atoms with Gasteiger partial charge in [0.1, 0.15) is 12.4 Å². The molecule has 1 aliphatic heterocycles. The first-order chi connectivity index (χ1) is 14.5. The third-order valence-corrected chi connectivity index (χ3v) is 5.46. The highest BCUT2D eigenvalue weighted by molar-refractivity contribution is 7.98. The van der Waals surface area contributed by atoms with Gasteiger partial charge in [0.15, 0.2) is 0 Å². The molecule has 31 heavy (non-hydrogen) atoms. The van der Waals surface area contributed by atoms with E-state index in [-0.39, 0.29) is 17.5 Å². The highest BCUT2D eigenvalue weighted by atomic mass is 32.2. The molecule has 3 rings (SSSR count). The van der Waals surface area contributed by atoms with Gasteiger partial charge in [-0.1, -0.05) is 6.07 Å². The van der Waals surface area contributed by atoms with Crippen LogP contribution in [0.4, 0.5) is 32.0 Å². The number of anilines is 1. The van der Waals surface area contributed by atoms with E-state index in [0.29, 0.717) is 54.3 Å². The number of alkyl halides is 6. The molecule has 2 aromatic carbocycles. The van der Waals surface area contributed by atoms with Crippen LogP contribution in [-0.4, -0.2) is 24.5 Å². The normalized spacial score (nSPS) is 14.0. The van der Waals surface area contributed by atoms with E-state index in [0.717, 1.165) is 0 Å². The van der Waals surface area contributed by atoms with Gasteiger partial charge in [0.25, 0.3) is 0 Å². The molecule has 0 fully saturated rings. The molecule has 0 N–H and O–H groups in total. The monoisotopic (exact) mass is 463 g/mol. The van der Waals surface area contributed by atoms with E-state index in [9.17, 15) is 31.1 Å². The summed E-state index contributed by atoms with van der Waals surface area (Å²) < 4.78 is 83.8. The first-order valence-electron chi connectivity index (χ1n) is 9.33. The van der Waals surface area contributed by atoms with Crippen molar-refractivity contribution < 1.29 is 35.9 Å². The van der Waals surface area contributed by atoms with Gasteiger partial charge in [0.05, 0.1) is 16.8 Å². The SMILES string of the molecule is CSCCC(=O)N1CCc2c(OCc3cc(C(F)(F)F)cc(C(F)(F)F)c3)cccc21. The number of carbonyl (C=O) groups excluding carboxylic acids is 1. The molecule has 0 aliphatic carbocycles. The molecule has 0 radical (unpaired) electrons. The molecule has 10 heteroatoms. The lowest BCUT2D eigenvalue weighted by Crippen LogP contribution is -2.29. The molecule has 0 unspecified atom stereocenters. The van der Waals surface area contributed by atoms with Crippen molar-refractivity contribution in [3.05, 3.63) is 58.7 Å². The summed E-state index contributed by atoms with van der Waals surface area (Å²) in [5.74, 6) is 0.972. The van der Waals surface area contributed by atoms with Crippen LogP contribution in [0.25, 0.3) is 0 Å². The Bertz CT molecular complexity index is 926. The molecule has 2 aromatic rings. The number of hydrogen-bond donors (Lipinski definition) is 0. The minimum atomic E-state index is -4.92. The number of halogens is 6. The Morgan fingerprint density at radius 2 is 1.71 bits per heavy atom. The summed E-state index contributed by atoms with van der Waals surface area (Å²) in [6.45, 7) is -0.0193. The molecule has 3 nitrogen and oxygen atoms in total. The van der Waals surface area contributed by atoms with E-state index in [4.69, 9.17) is 4.74 Å². The van der Waals surface area contributed by atoms with Crippen LogP contribution >= 0.6 is 11.8 Å². The molecule has 1 aliphatic rings. The smallest absolute Gasteiger partial charge is 0.416 e. The standard InChI is InChI=1S/C21H19F6NO2S/c1-31-8-6-19(29)28-7-5-16-17(28)3-2-4-18(16)30-12-13-9-14(20(22,23)24)11-15(10-13)21(25,26)27/h2-4,9-11H,5-8,12H2,1H3. The average Bonchev–Trinajstić information content (AvgIpc) is 3.13. The van der Waals surface area contributed by atoms with E-state index in [1.807, 2.05) is 6.26 Å². The molecule has 0 saturated carbocycles. The zero-order valence-electron chi connectivity index (χ0n) is 16.4. The highest BCUT2D eigenvalue weighted by Crippen LogP contribution is 2.38. The van der Waals surface area contributed by atoms with Crippen molar-refractivity contribution in [2.45, 2.75) is 31.8 Å². The van der Waals surface area contributed by atoms with Crippen molar-refractivity contribution in [3.63, 3.8) is 0 Å². The van der Waals surface area contributed by atoms with Crippen molar-refractivity contribution in [2.24, 2.45) is 0 Å². The van der Waals surface area contributed by atoms with Crippen LogP contribution in [0.5, 0.6) is 5.75 Å². The van der Waals surface area contributed by atoms with Gasteiger partial charge in [-0.15, -0.1) is 0 Å². The summed E-state index contributed by atoms with van der Waals surface area (Å²) >= 11 is 1.55. The molecule has 0 atom stereocenters. The molecule has 0 bridgehead atoms. The number of nitrogens with zero attached hydrogens (tertiary/aromatic N) is 1. The Labute approximate surface area is 179 Å². The van der Waals surface area contributed by atoms with Crippen LogP contribution in [-0.2, 0) is 30.2 Å². The van der Waals surface area contributed by atoms with Crippen LogP contribution < -0.4 is 9.64 Å². The molecule has 0 saturated heterocycles. The van der Waals surface area contributed by atoms with E-state index in [1.54, 1.807) is 34.9 Å². The Balaban J connectivity index is 1.83. The number of rotatable bonds is 6. The topological polar surface area (TPSA) is 29.5 Å². The predicted molar refractivity (Wildman–Crippen MR) is 106 cm³/mol. The van der Waals surface area contributed by atoms with Crippen molar-refractivity contribution in [1.29, 1.82) is 0 Å². The lowest BCUT2D eigenvalue weighted by atomic mass is 10.1. The first-order valence-corrected chi connectivity index (χ1v) is 10.7. The van der Waals surface area contributed by atoms with Gasteiger partial charge in [0.2, 0.25) is 5.91 Å². The summed E-state index contributed by atoms with van der Waals surface area (Å²) in [7, 11) is 0. The third kappa shape index (κ3) is 5.47. The number of amides is 1. The lowest BCUT2D eigenvalue weighted by molar-refractivity contribution is -0.143. The molecule has 0 aromatic heterocycles. The second-order valence-corrected chi connectivity index (χ2v) is 7.98. The molecular weight excluding hydrogens is 444 g/mol. The number of thioether (sulfide) groups is 1. The van der Waals surface area contributed by atoms with Gasteiger partial charge in [-0.2, -0.15) is 38.1 Å². The number of fused-ring (bicyclic) bond motifs is 1. The fourth-order valence-corrected chi connectivity index (χ4v) is 3.76. The van der Waals surface area contributed by atoms with Gasteiger partial charge in [0, 0.05) is 24.3 Å². The quantitative estimate of drug-likeness (QED) is 0.496. The summed E-state index contributed by atoms with van der Waals surface area (Å²) in [4.78, 5) is 14.0. The predicted octanol–water partition coefficient (Wildman–Crippen LogP) is 5.95. The number of carbonyl (C=O) groups is 1. The summed E-state index contributed by atoms with van der Waals surface area (Å²) in [6, 6.07) is 6.36.